The number of esters is 2. The molecule has 3 rings (SSSR count). The number of carbonyl (C=O) groups is 3. The minimum absolute atomic E-state index is 0.0625. The highest BCUT2D eigenvalue weighted by Gasteiger charge is 2.49. The van der Waals surface area contributed by atoms with E-state index in [0.717, 1.165) is 0 Å². The molecule has 0 fully saturated rings. The van der Waals surface area contributed by atoms with Gasteiger partial charge in [-0.25, -0.2) is 9.59 Å². The van der Waals surface area contributed by atoms with Gasteiger partial charge >= 0.3 is 11.9 Å². The minimum atomic E-state index is -1.31. The number of hydrogen-bond acceptors (Lipinski definition) is 8. The summed E-state index contributed by atoms with van der Waals surface area (Å²) in [5.74, 6) is -0.889. The number of rotatable bonds is 9. The van der Waals surface area contributed by atoms with Crippen molar-refractivity contribution in [3.63, 3.8) is 0 Å². The van der Waals surface area contributed by atoms with E-state index in [1.54, 1.807) is 69.5 Å². The minimum Gasteiger partial charge on any atom is -0.497 e. The lowest BCUT2D eigenvalue weighted by molar-refractivity contribution is -0.147. The van der Waals surface area contributed by atoms with Gasteiger partial charge in [-0.2, -0.15) is 0 Å². The third kappa shape index (κ3) is 4.92. The lowest BCUT2D eigenvalue weighted by Gasteiger charge is -2.25. The Bertz CT molecular complexity index is 1050. The van der Waals surface area contributed by atoms with Crippen molar-refractivity contribution in [1.82, 2.24) is 0 Å². The Morgan fingerprint density at radius 1 is 0.879 bits per heavy atom. The molecule has 0 spiro atoms. The molecular formula is C24H26N2O7. The number of benzene rings is 2. The molecule has 0 bridgehead atoms. The van der Waals surface area contributed by atoms with Crippen LogP contribution >= 0.6 is 0 Å². The van der Waals surface area contributed by atoms with Crippen molar-refractivity contribution in [3.05, 3.63) is 59.8 Å². The first-order valence-electron chi connectivity index (χ1n) is 10.4. The monoisotopic (exact) mass is 454 g/mol. The van der Waals surface area contributed by atoms with Gasteiger partial charge in [0.1, 0.15) is 22.8 Å². The van der Waals surface area contributed by atoms with Gasteiger partial charge in [-0.15, -0.1) is 0 Å². The maximum Gasteiger partial charge on any atom is 0.339 e. The number of ether oxygens (including phenoxy) is 4. The average Bonchev–Trinajstić information content (AvgIpc) is 3.12. The quantitative estimate of drug-likeness (QED) is 0.577. The summed E-state index contributed by atoms with van der Waals surface area (Å²) in [5.41, 5.74) is 0.742. The van der Waals surface area contributed by atoms with E-state index in [0.29, 0.717) is 22.9 Å². The standard InChI is InChI=1S/C24H26N2O7/c1-5-32-23(28)19-20(25-15-7-11-17(30-3)12-8-15)22(27)26(21(19)24(29)33-6-2)16-9-13-18(31-4)14-10-16/h7-14,21,25H,5-6H2,1-4H3. The molecule has 1 aliphatic heterocycles. The van der Waals surface area contributed by atoms with Crippen LogP contribution in [0.25, 0.3) is 0 Å². The maximum atomic E-state index is 13.6. The highest BCUT2D eigenvalue weighted by molar-refractivity contribution is 6.22. The summed E-state index contributed by atoms with van der Waals surface area (Å²) < 4.78 is 20.7. The Labute approximate surface area is 191 Å². The van der Waals surface area contributed by atoms with Crippen molar-refractivity contribution < 1.29 is 33.3 Å². The Hall–Kier alpha value is -4.01. The summed E-state index contributed by atoms with van der Waals surface area (Å²) >= 11 is 0. The van der Waals surface area contributed by atoms with Crippen molar-refractivity contribution in [2.24, 2.45) is 0 Å². The second kappa shape index (κ2) is 10.5. The van der Waals surface area contributed by atoms with Gasteiger partial charge in [-0.3, -0.25) is 9.69 Å². The summed E-state index contributed by atoms with van der Waals surface area (Å²) in [7, 11) is 3.07. The van der Waals surface area contributed by atoms with Gasteiger partial charge in [0.25, 0.3) is 5.91 Å². The first-order chi connectivity index (χ1) is 15.9. The molecule has 2 aromatic carbocycles. The van der Waals surface area contributed by atoms with Gasteiger partial charge in [0.15, 0.2) is 6.04 Å². The summed E-state index contributed by atoms with van der Waals surface area (Å²) in [6, 6.07) is 12.0. The van der Waals surface area contributed by atoms with Crippen LogP contribution in [-0.2, 0) is 23.9 Å². The Morgan fingerprint density at radius 3 is 1.94 bits per heavy atom. The molecule has 1 unspecified atom stereocenters. The second-order valence-electron chi connectivity index (χ2n) is 6.89. The molecule has 1 amide bonds. The molecule has 0 aromatic heterocycles. The summed E-state index contributed by atoms with van der Waals surface area (Å²) in [6.07, 6.45) is 0. The van der Waals surface area contributed by atoms with Crippen LogP contribution in [0, 0.1) is 0 Å². The van der Waals surface area contributed by atoms with Crippen LogP contribution < -0.4 is 19.7 Å². The molecule has 1 aliphatic rings. The normalized spacial score (nSPS) is 15.3. The number of nitrogens with zero attached hydrogens (tertiary/aromatic N) is 1. The van der Waals surface area contributed by atoms with E-state index in [2.05, 4.69) is 5.32 Å². The van der Waals surface area contributed by atoms with Crippen LogP contribution in [0.15, 0.2) is 59.8 Å². The van der Waals surface area contributed by atoms with Crippen molar-refractivity contribution in [2.45, 2.75) is 19.9 Å². The third-order valence-electron chi connectivity index (χ3n) is 4.95. The van der Waals surface area contributed by atoms with Crippen LogP contribution in [0.2, 0.25) is 0 Å². The molecule has 1 atom stereocenters. The van der Waals surface area contributed by atoms with Crippen molar-refractivity contribution in [2.75, 3.05) is 37.7 Å². The van der Waals surface area contributed by atoms with E-state index >= 15 is 0 Å². The van der Waals surface area contributed by atoms with Crippen LogP contribution in [0.4, 0.5) is 11.4 Å². The number of amides is 1. The molecule has 1 N–H and O–H groups in total. The number of carbonyl (C=O) groups excluding carboxylic acids is 3. The van der Waals surface area contributed by atoms with Crippen LogP contribution in [0.3, 0.4) is 0 Å². The molecule has 1 heterocycles. The van der Waals surface area contributed by atoms with E-state index < -0.39 is 23.9 Å². The Kier molecular flexibility index (Phi) is 7.55. The molecule has 0 saturated carbocycles. The fourth-order valence-electron chi connectivity index (χ4n) is 3.43. The molecule has 9 heteroatoms. The molecule has 9 nitrogen and oxygen atoms in total. The fraction of sp³-hybridized carbons (Fsp3) is 0.292. The van der Waals surface area contributed by atoms with Crippen LogP contribution in [0.1, 0.15) is 13.8 Å². The molecule has 2 aromatic rings. The molecule has 174 valence electrons. The van der Waals surface area contributed by atoms with Gasteiger partial charge < -0.3 is 24.3 Å². The highest BCUT2D eigenvalue weighted by atomic mass is 16.5. The third-order valence-corrected chi connectivity index (χ3v) is 4.95. The largest absolute Gasteiger partial charge is 0.497 e. The van der Waals surface area contributed by atoms with Gasteiger partial charge in [0, 0.05) is 11.4 Å². The lowest BCUT2D eigenvalue weighted by Crippen LogP contribution is -2.43. The zero-order valence-electron chi connectivity index (χ0n) is 18.9. The second-order valence-corrected chi connectivity index (χ2v) is 6.89. The van der Waals surface area contributed by atoms with Gasteiger partial charge in [0.2, 0.25) is 0 Å². The summed E-state index contributed by atoms with van der Waals surface area (Å²) in [4.78, 5) is 40.7. The van der Waals surface area contributed by atoms with E-state index in [4.69, 9.17) is 18.9 Å². The van der Waals surface area contributed by atoms with E-state index in [9.17, 15) is 14.4 Å². The van der Waals surface area contributed by atoms with Crippen molar-refractivity contribution >= 4 is 29.2 Å². The molecule has 0 saturated heterocycles. The SMILES string of the molecule is CCOC(=O)C1=C(Nc2ccc(OC)cc2)C(=O)N(c2ccc(OC)cc2)C1C(=O)OCC. The first-order valence-corrected chi connectivity index (χ1v) is 10.4. The van der Waals surface area contributed by atoms with E-state index in [-0.39, 0.29) is 24.5 Å². The summed E-state index contributed by atoms with van der Waals surface area (Å²) in [5, 5.41) is 2.98. The van der Waals surface area contributed by atoms with Crippen molar-refractivity contribution in [1.29, 1.82) is 0 Å². The lowest BCUT2D eigenvalue weighted by atomic mass is 10.1. The smallest absolute Gasteiger partial charge is 0.339 e. The highest BCUT2D eigenvalue weighted by Crippen LogP contribution is 2.34. The van der Waals surface area contributed by atoms with Gasteiger partial charge in [0.05, 0.1) is 27.4 Å². The number of nitrogens with one attached hydrogen (secondary N) is 1. The van der Waals surface area contributed by atoms with Gasteiger partial charge in [-0.1, -0.05) is 0 Å². The van der Waals surface area contributed by atoms with E-state index in [1.807, 2.05) is 0 Å². The topological polar surface area (TPSA) is 103 Å². The first kappa shape index (κ1) is 23.6. The van der Waals surface area contributed by atoms with E-state index in [1.165, 1.54) is 12.0 Å². The molecule has 33 heavy (non-hydrogen) atoms. The fourth-order valence-corrected chi connectivity index (χ4v) is 3.43. The Morgan fingerprint density at radius 2 is 1.42 bits per heavy atom. The predicted molar refractivity (Wildman–Crippen MR) is 121 cm³/mol. The zero-order chi connectivity index (χ0) is 24.0. The maximum absolute atomic E-state index is 13.6. The summed E-state index contributed by atoms with van der Waals surface area (Å²) in [6.45, 7) is 3.45. The predicted octanol–water partition coefficient (Wildman–Crippen LogP) is 2.91. The Balaban J connectivity index is 2.11. The zero-order valence-corrected chi connectivity index (χ0v) is 18.9. The number of anilines is 2. The average molecular weight is 454 g/mol. The number of methoxy groups -OCH3 is 2. The molecule has 0 aliphatic carbocycles. The van der Waals surface area contributed by atoms with Crippen LogP contribution in [-0.4, -0.2) is 51.3 Å². The van der Waals surface area contributed by atoms with Crippen molar-refractivity contribution in [3.8, 4) is 11.5 Å². The number of hydrogen-bond donors (Lipinski definition) is 1. The molecular weight excluding hydrogens is 428 g/mol. The molecule has 0 radical (unpaired) electrons. The van der Waals surface area contributed by atoms with Gasteiger partial charge in [-0.05, 0) is 62.4 Å². The van der Waals surface area contributed by atoms with Crippen LogP contribution in [0.5, 0.6) is 11.5 Å².